The van der Waals surface area contributed by atoms with Gasteiger partial charge < -0.3 is 10.6 Å². The number of likely N-dealkylation sites (N-methyl/N-ethyl adjacent to an activating group) is 2. The molecule has 1 unspecified atom stereocenters. The molecule has 2 N–H and O–H groups in total. The van der Waals surface area contributed by atoms with Gasteiger partial charge in [0.25, 0.3) is 0 Å². The number of rotatable bonds is 9. The maximum atomic E-state index is 4.81. The maximum Gasteiger partial charge on any atom is 0.191 e. The average Bonchev–Trinajstić information content (AvgIpc) is 3.27. The fourth-order valence-corrected chi connectivity index (χ4v) is 3.41. The minimum Gasteiger partial charge on any atom is -0.357 e. The van der Waals surface area contributed by atoms with E-state index in [9.17, 15) is 0 Å². The van der Waals surface area contributed by atoms with Crippen molar-refractivity contribution in [1.29, 1.82) is 0 Å². The van der Waals surface area contributed by atoms with Crippen LogP contribution in [0.15, 0.2) is 4.99 Å². The summed E-state index contributed by atoms with van der Waals surface area (Å²) in [5.74, 6) is 0.984. The van der Waals surface area contributed by atoms with E-state index >= 15 is 0 Å². The molecule has 1 saturated carbocycles. The smallest absolute Gasteiger partial charge is 0.191 e. The molecule has 1 aliphatic heterocycles. The van der Waals surface area contributed by atoms with Gasteiger partial charge in [0.1, 0.15) is 0 Å². The molecule has 0 aromatic heterocycles. The molecule has 0 amide bonds. The summed E-state index contributed by atoms with van der Waals surface area (Å²) in [5.41, 5.74) is 0. The van der Waals surface area contributed by atoms with Crippen molar-refractivity contribution >= 4 is 5.96 Å². The maximum absolute atomic E-state index is 4.81. The van der Waals surface area contributed by atoms with Crippen LogP contribution in [-0.4, -0.2) is 73.7 Å². The van der Waals surface area contributed by atoms with E-state index in [1.807, 2.05) is 0 Å². The lowest BCUT2D eigenvalue weighted by atomic mass is 10.2. The molecule has 1 aliphatic carbocycles. The summed E-state index contributed by atoms with van der Waals surface area (Å²) < 4.78 is 0. The number of guanidine groups is 1. The first-order chi connectivity index (χ1) is 10.8. The van der Waals surface area contributed by atoms with Crippen LogP contribution in [0.2, 0.25) is 0 Å². The Morgan fingerprint density at radius 3 is 2.64 bits per heavy atom. The van der Waals surface area contributed by atoms with Gasteiger partial charge in [0.2, 0.25) is 0 Å². The second kappa shape index (κ2) is 9.36. The van der Waals surface area contributed by atoms with Gasteiger partial charge >= 0.3 is 0 Å². The van der Waals surface area contributed by atoms with Gasteiger partial charge in [-0.3, -0.25) is 14.8 Å². The lowest BCUT2D eigenvalue weighted by Gasteiger charge is -2.22. The molecule has 1 atom stereocenters. The SMILES string of the molecule is CCNC(=NCC1CCCN1CC)NCCN(CC)C1CC1. The minimum atomic E-state index is 0.638. The molecular formula is C17H35N5. The van der Waals surface area contributed by atoms with Crippen molar-refractivity contribution in [2.75, 3.05) is 45.8 Å². The van der Waals surface area contributed by atoms with E-state index in [4.69, 9.17) is 4.99 Å². The number of likely N-dealkylation sites (tertiary alicyclic amines) is 1. The minimum absolute atomic E-state index is 0.638. The van der Waals surface area contributed by atoms with Crippen molar-refractivity contribution in [2.45, 2.75) is 58.5 Å². The molecule has 0 bridgehead atoms. The van der Waals surface area contributed by atoms with E-state index in [0.29, 0.717) is 6.04 Å². The third-order valence-corrected chi connectivity index (χ3v) is 4.87. The van der Waals surface area contributed by atoms with Crippen LogP contribution >= 0.6 is 0 Å². The van der Waals surface area contributed by atoms with E-state index in [0.717, 1.165) is 51.3 Å². The molecule has 2 aliphatic rings. The summed E-state index contributed by atoms with van der Waals surface area (Å²) in [6, 6.07) is 1.49. The first kappa shape index (κ1) is 17.5. The van der Waals surface area contributed by atoms with Gasteiger partial charge in [-0.25, -0.2) is 0 Å². The van der Waals surface area contributed by atoms with E-state index in [2.05, 4.69) is 41.2 Å². The third-order valence-electron chi connectivity index (χ3n) is 4.87. The fraction of sp³-hybridized carbons (Fsp3) is 0.941. The molecule has 0 spiro atoms. The van der Waals surface area contributed by atoms with Crippen molar-refractivity contribution in [3.63, 3.8) is 0 Å². The van der Waals surface area contributed by atoms with Crippen molar-refractivity contribution in [3.8, 4) is 0 Å². The van der Waals surface area contributed by atoms with E-state index in [-0.39, 0.29) is 0 Å². The van der Waals surface area contributed by atoms with Crippen LogP contribution in [0.3, 0.4) is 0 Å². The quantitative estimate of drug-likeness (QED) is 0.500. The summed E-state index contributed by atoms with van der Waals surface area (Å²) in [4.78, 5) is 9.94. The van der Waals surface area contributed by atoms with Crippen LogP contribution in [0.1, 0.15) is 46.5 Å². The van der Waals surface area contributed by atoms with Gasteiger partial charge in [0, 0.05) is 31.7 Å². The Morgan fingerprint density at radius 1 is 1.18 bits per heavy atom. The number of nitrogens with zero attached hydrogens (tertiary/aromatic N) is 3. The van der Waals surface area contributed by atoms with Crippen molar-refractivity contribution < 1.29 is 0 Å². The standard InChI is InChI=1S/C17H35N5/c1-4-18-17(19-11-13-22(6-3)15-9-10-15)20-14-16-8-7-12-21(16)5-2/h15-16H,4-14H2,1-3H3,(H2,18,19,20). The van der Waals surface area contributed by atoms with Crippen LogP contribution in [0.4, 0.5) is 0 Å². The number of hydrogen-bond acceptors (Lipinski definition) is 3. The zero-order chi connectivity index (χ0) is 15.8. The van der Waals surface area contributed by atoms with Gasteiger partial charge in [-0.05, 0) is 52.2 Å². The van der Waals surface area contributed by atoms with Crippen LogP contribution in [0.5, 0.6) is 0 Å². The molecule has 128 valence electrons. The average molecular weight is 310 g/mol. The summed E-state index contributed by atoms with van der Waals surface area (Å²) >= 11 is 0. The first-order valence-corrected chi connectivity index (χ1v) is 9.28. The lowest BCUT2D eigenvalue weighted by molar-refractivity contribution is 0.272. The normalized spacial score (nSPS) is 23.3. The van der Waals surface area contributed by atoms with Crippen LogP contribution in [-0.2, 0) is 0 Å². The second-order valence-corrected chi connectivity index (χ2v) is 6.43. The molecule has 22 heavy (non-hydrogen) atoms. The van der Waals surface area contributed by atoms with Gasteiger partial charge in [-0.15, -0.1) is 0 Å². The molecule has 5 heteroatoms. The lowest BCUT2D eigenvalue weighted by Crippen LogP contribution is -2.43. The third kappa shape index (κ3) is 5.43. The molecular weight excluding hydrogens is 274 g/mol. The van der Waals surface area contributed by atoms with Crippen molar-refractivity contribution in [3.05, 3.63) is 0 Å². The van der Waals surface area contributed by atoms with Gasteiger partial charge in [-0.2, -0.15) is 0 Å². The molecule has 0 aromatic rings. The van der Waals surface area contributed by atoms with Gasteiger partial charge in [0.05, 0.1) is 6.54 Å². The predicted octanol–water partition coefficient (Wildman–Crippen LogP) is 1.51. The van der Waals surface area contributed by atoms with Gasteiger partial charge in [-0.1, -0.05) is 13.8 Å². The molecule has 1 saturated heterocycles. The van der Waals surface area contributed by atoms with E-state index in [1.165, 1.54) is 32.2 Å². The zero-order valence-electron chi connectivity index (χ0n) is 14.8. The summed E-state index contributed by atoms with van der Waals surface area (Å²) in [6.07, 6.45) is 5.39. The molecule has 1 heterocycles. The zero-order valence-corrected chi connectivity index (χ0v) is 14.8. The topological polar surface area (TPSA) is 42.9 Å². The molecule has 5 nitrogen and oxygen atoms in total. The monoisotopic (exact) mass is 309 g/mol. The van der Waals surface area contributed by atoms with Crippen molar-refractivity contribution in [2.24, 2.45) is 4.99 Å². The Hall–Kier alpha value is -0.810. The highest BCUT2D eigenvalue weighted by atomic mass is 15.2. The highest BCUT2D eigenvalue weighted by Gasteiger charge is 2.27. The second-order valence-electron chi connectivity index (χ2n) is 6.43. The molecule has 0 aromatic carbocycles. The highest BCUT2D eigenvalue weighted by molar-refractivity contribution is 5.79. The van der Waals surface area contributed by atoms with Crippen LogP contribution < -0.4 is 10.6 Å². The summed E-state index contributed by atoms with van der Waals surface area (Å²) in [6.45, 7) is 14.2. The Bertz CT molecular complexity index is 340. The van der Waals surface area contributed by atoms with Gasteiger partial charge in [0.15, 0.2) is 5.96 Å². The predicted molar refractivity (Wildman–Crippen MR) is 94.5 cm³/mol. The molecule has 2 fully saturated rings. The number of aliphatic imine (C=N–C) groups is 1. The highest BCUT2D eigenvalue weighted by Crippen LogP contribution is 2.25. The Kier molecular flexibility index (Phi) is 7.46. The Morgan fingerprint density at radius 2 is 2.00 bits per heavy atom. The largest absolute Gasteiger partial charge is 0.357 e. The first-order valence-electron chi connectivity index (χ1n) is 9.28. The van der Waals surface area contributed by atoms with Crippen LogP contribution in [0, 0.1) is 0 Å². The summed E-state index contributed by atoms with van der Waals surface area (Å²) in [7, 11) is 0. The van der Waals surface area contributed by atoms with E-state index in [1.54, 1.807) is 0 Å². The Labute approximate surface area is 136 Å². The fourth-order valence-electron chi connectivity index (χ4n) is 3.41. The van der Waals surface area contributed by atoms with Crippen molar-refractivity contribution in [1.82, 2.24) is 20.4 Å². The number of hydrogen-bond donors (Lipinski definition) is 2. The summed E-state index contributed by atoms with van der Waals surface area (Å²) in [5, 5.41) is 6.88. The molecule has 0 radical (unpaired) electrons. The van der Waals surface area contributed by atoms with Crippen LogP contribution in [0.25, 0.3) is 0 Å². The Balaban J connectivity index is 1.74. The van der Waals surface area contributed by atoms with E-state index < -0.39 is 0 Å². The molecule has 2 rings (SSSR count). The number of nitrogens with one attached hydrogen (secondary N) is 2.